The molecule has 1 aromatic carbocycles. The van der Waals surface area contributed by atoms with E-state index in [1.54, 1.807) is 4.90 Å². The molecule has 1 N–H and O–H groups in total. The number of carboxylic acids is 1. The minimum Gasteiger partial charge on any atom is -0.484 e. The number of hydrogen-bond acceptors (Lipinski definition) is 3. The maximum Gasteiger partial charge on any atom is 0.308 e. The summed E-state index contributed by atoms with van der Waals surface area (Å²) >= 11 is 0. The molecule has 1 aliphatic heterocycles. The minimum atomic E-state index is -0.785. The fourth-order valence-electron chi connectivity index (χ4n) is 3.49. The van der Waals surface area contributed by atoms with Crippen molar-refractivity contribution in [2.24, 2.45) is 17.8 Å². The van der Waals surface area contributed by atoms with Crippen LogP contribution in [0, 0.1) is 31.6 Å². The summed E-state index contributed by atoms with van der Waals surface area (Å²) in [5.74, 6) is -0.0390. The van der Waals surface area contributed by atoms with Crippen molar-refractivity contribution in [3.8, 4) is 5.75 Å². The molecule has 2 aliphatic rings. The topological polar surface area (TPSA) is 66.8 Å². The number of ether oxygens (including phenoxy) is 1. The van der Waals surface area contributed by atoms with Crippen LogP contribution in [0.2, 0.25) is 0 Å². The van der Waals surface area contributed by atoms with Gasteiger partial charge in [-0.2, -0.15) is 0 Å². The Morgan fingerprint density at radius 1 is 1.26 bits per heavy atom. The van der Waals surface area contributed by atoms with Crippen molar-refractivity contribution in [1.82, 2.24) is 4.90 Å². The van der Waals surface area contributed by atoms with E-state index in [9.17, 15) is 14.7 Å². The molecule has 1 aliphatic carbocycles. The van der Waals surface area contributed by atoms with Crippen molar-refractivity contribution in [2.75, 3.05) is 19.7 Å². The fourth-order valence-corrected chi connectivity index (χ4v) is 3.49. The zero-order chi connectivity index (χ0) is 16.6. The first-order valence-electron chi connectivity index (χ1n) is 8.16. The summed E-state index contributed by atoms with van der Waals surface area (Å²) < 4.78 is 5.63. The van der Waals surface area contributed by atoms with Crippen LogP contribution in [0.25, 0.3) is 0 Å². The van der Waals surface area contributed by atoms with Crippen molar-refractivity contribution in [2.45, 2.75) is 26.7 Å². The highest BCUT2D eigenvalue weighted by Crippen LogP contribution is 2.44. The smallest absolute Gasteiger partial charge is 0.308 e. The third-order valence-electron chi connectivity index (χ3n) is 4.94. The molecule has 0 spiro atoms. The molecule has 0 radical (unpaired) electrons. The maximum absolute atomic E-state index is 12.4. The van der Waals surface area contributed by atoms with Gasteiger partial charge in [0.05, 0.1) is 5.92 Å². The molecule has 0 aromatic heterocycles. The van der Waals surface area contributed by atoms with E-state index < -0.39 is 11.9 Å². The van der Waals surface area contributed by atoms with E-state index in [0.717, 1.165) is 24.0 Å². The van der Waals surface area contributed by atoms with Gasteiger partial charge in [0, 0.05) is 13.1 Å². The summed E-state index contributed by atoms with van der Waals surface area (Å²) in [6.45, 7) is 4.79. The molecule has 23 heavy (non-hydrogen) atoms. The third-order valence-corrected chi connectivity index (χ3v) is 4.94. The number of rotatable bonds is 5. The predicted octanol–water partition coefficient (Wildman–Crippen LogP) is 2.25. The molecule has 1 amide bonds. The highest BCUT2D eigenvalue weighted by atomic mass is 16.5. The minimum absolute atomic E-state index is 0.0341. The second kappa shape index (κ2) is 6.22. The Balaban J connectivity index is 1.59. The van der Waals surface area contributed by atoms with Gasteiger partial charge in [-0.05, 0) is 50.2 Å². The first-order chi connectivity index (χ1) is 11.0. The maximum atomic E-state index is 12.4. The molecular weight excluding hydrogens is 294 g/mol. The first kappa shape index (κ1) is 15.8. The lowest BCUT2D eigenvalue weighted by molar-refractivity contribution is -0.142. The van der Waals surface area contributed by atoms with Gasteiger partial charge in [0.2, 0.25) is 0 Å². The standard InChI is InChI=1S/C18H23NO4/c1-11-3-6-16(12(2)7-11)23-10-17(20)19-8-14(13-4-5-13)15(9-19)18(21)22/h3,6-7,13-15H,4-5,8-10H2,1-2H3,(H,21,22)/t14-,15+/m1/s1. The Labute approximate surface area is 136 Å². The van der Waals surface area contributed by atoms with Gasteiger partial charge in [-0.25, -0.2) is 0 Å². The molecule has 2 atom stereocenters. The Morgan fingerprint density at radius 3 is 2.61 bits per heavy atom. The number of likely N-dealkylation sites (tertiary alicyclic amines) is 1. The highest BCUT2D eigenvalue weighted by molar-refractivity contribution is 5.80. The second-order valence-corrected chi connectivity index (χ2v) is 6.80. The van der Waals surface area contributed by atoms with Crippen LogP contribution in [0.1, 0.15) is 24.0 Å². The molecule has 0 unspecified atom stereocenters. The quantitative estimate of drug-likeness (QED) is 0.904. The lowest BCUT2D eigenvalue weighted by Crippen LogP contribution is -2.34. The summed E-state index contributed by atoms with van der Waals surface area (Å²) in [6, 6.07) is 5.83. The lowest BCUT2D eigenvalue weighted by atomic mass is 9.92. The number of benzene rings is 1. The fraction of sp³-hybridized carbons (Fsp3) is 0.556. The number of aryl methyl sites for hydroxylation is 2. The predicted molar refractivity (Wildman–Crippen MR) is 85.3 cm³/mol. The molecular formula is C18H23NO4. The van der Waals surface area contributed by atoms with Crippen LogP contribution in [-0.4, -0.2) is 41.6 Å². The molecule has 5 heteroatoms. The van der Waals surface area contributed by atoms with Gasteiger partial charge in [-0.3, -0.25) is 9.59 Å². The van der Waals surface area contributed by atoms with E-state index in [0.29, 0.717) is 24.8 Å². The second-order valence-electron chi connectivity index (χ2n) is 6.80. The summed E-state index contributed by atoms with van der Waals surface area (Å²) in [4.78, 5) is 25.4. The van der Waals surface area contributed by atoms with E-state index >= 15 is 0 Å². The van der Waals surface area contributed by atoms with Crippen molar-refractivity contribution in [3.05, 3.63) is 29.3 Å². The zero-order valence-electron chi connectivity index (χ0n) is 13.6. The van der Waals surface area contributed by atoms with Crippen LogP contribution in [0.4, 0.5) is 0 Å². The van der Waals surface area contributed by atoms with Crippen LogP contribution in [0.15, 0.2) is 18.2 Å². The number of carbonyl (C=O) groups excluding carboxylic acids is 1. The van der Waals surface area contributed by atoms with Gasteiger partial charge < -0.3 is 14.7 Å². The van der Waals surface area contributed by atoms with Gasteiger partial charge in [0.25, 0.3) is 5.91 Å². The van der Waals surface area contributed by atoms with E-state index in [-0.39, 0.29) is 18.4 Å². The molecule has 2 fully saturated rings. The van der Waals surface area contributed by atoms with Crippen LogP contribution in [0.3, 0.4) is 0 Å². The summed E-state index contributed by atoms with van der Waals surface area (Å²) in [5.41, 5.74) is 2.15. The normalized spacial score (nSPS) is 23.8. The van der Waals surface area contributed by atoms with Gasteiger partial charge in [-0.1, -0.05) is 17.7 Å². The molecule has 1 saturated heterocycles. The number of amides is 1. The average Bonchev–Trinajstić information content (AvgIpc) is 3.24. The van der Waals surface area contributed by atoms with Crippen molar-refractivity contribution >= 4 is 11.9 Å². The first-order valence-corrected chi connectivity index (χ1v) is 8.16. The Bertz CT molecular complexity index is 623. The summed E-state index contributed by atoms with van der Waals surface area (Å²) in [6.07, 6.45) is 2.19. The van der Waals surface area contributed by atoms with E-state index in [1.807, 2.05) is 32.0 Å². The Morgan fingerprint density at radius 2 is 2.00 bits per heavy atom. The SMILES string of the molecule is Cc1ccc(OCC(=O)N2C[C@H](C(=O)O)[C@@H](C3CC3)C2)c(C)c1. The van der Waals surface area contributed by atoms with Crippen molar-refractivity contribution in [3.63, 3.8) is 0 Å². The van der Waals surface area contributed by atoms with Crippen LogP contribution in [-0.2, 0) is 9.59 Å². The highest BCUT2D eigenvalue weighted by Gasteiger charge is 2.46. The van der Waals surface area contributed by atoms with Crippen LogP contribution < -0.4 is 4.74 Å². The zero-order valence-corrected chi connectivity index (χ0v) is 13.6. The average molecular weight is 317 g/mol. The van der Waals surface area contributed by atoms with Crippen LogP contribution in [0.5, 0.6) is 5.75 Å². The molecule has 5 nitrogen and oxygen atoms in total. The lowest BCUT2D eigenvalue weighted by Gasteiger charge is -2.17. The van der Waals surface area contributed by atoms with Gasteiger partial charge >= 0.3 is 5.97 Å². The third kappa shape index (κ3) is 3.49. The number of carbonyl (C=O) groups is 2. The summed E-state index contributed by atoms with van der Waals surface area (Å²) in [7, 11) is 0. The number of carboxylic acid groups (broad SMARTS) is 1. The van der Waals surface area contributed by atoms with E-state index in [2.05, 4.69) is 0 Å². The van der Waals surface area contributed by atoms with Crippen molar-refractivity contribution in [1.29, 1.82) is 0 Å². The van der Waals surface area contributed by atoms with Gasteiger partial charge in [0.15, 0.2) is 6.61 Å². The Kier molecular flexibility index (Phi) is 4.28. The number of nitrogens with zero attached hydrogens (tertiary/aromatic N) is 1. The number of hydrogen-bond donors (Lipinski definition) is 1. The molecule has 1 heterocycles. The van der Waals surface area contributed by atoms with E-state index in [1.165, 1.54) is 0 Å². The van der Waals surface area contributed by atoms with Crippen LogP contribution >= 0.6 is 0 Å². The molecule has 1 aromatic rings. The molecule has 3 rings (SSSR count). The van der Waals surface area contributed by atoms with Crippen molar-refractivity contribution < 1.29 is 19.4 Å². The molecule has 1 saturated carbocycles. The largest absolute Gasteiger partial charge is 0.484 e. The van der Waals surface area contributed by atoms with E-state index in [4.69, 9.17) is 4.74 Å². The monoisotopic (exact) mass is 317 g/mol. The van der Waals surface area contributed by atoms with Gasteiger partial charge in [0.1, 0.15) is 5.75 Å². The number of aliphatic carboxylic acids is 1. The van der Waals surface area contributed by atoms with Gasteiger partial charge in [-0.15, -0.1) is 0 Å². The summed E-state index contributed by atoms with van der Waals surface area (Å²) in [5, 5.41) is 9.36. The Hall–Kier alpha value is -2.04. The molecule has 0 bridgehead atoms. The molecule has 124 valence electrons.